The van der Waals surface area contributed by atoms with Gasteiger partial charge in [-0.05, 0) is 84.1 Å². The van der Waals surface area contributed by atoms with Gasteiger partial charge in [-0.15, -0.1) is 23.1 Å². The van der Waals surface area contributed by atoms with E-state index in [4.69, 9.17) is 0 Å². The fourth-order valence-electron chi connectivity index (χ4n) is 5.27. The number of benzene rings is 3. The van der Waals surface area contributed by atoms with Crippen LogP contribution in [-0.4, -0.2) is 54.7 Å². The van der Waals surface area contributed by atoms with Gasteiger partial charge in [0, 0.05) is 18.8 Å². The number of anilines is 1. The number of hydrogen-bond donors (Lipinski definition) is 2. The van der Waals surface area contributed by atoms with E-state index in [9.17, 15) is 27.6 Å². The van der Waals surface area contributed by atoms with Gasteiger partial charge in [0.25, 0.3) is 10.0 Å². The van der Waals surface area contributed by atoms with E-state index < -0.39 is 38.4 Å². The van der Waals surface area contributed by atoms with Crippen LogP contribution in [0.15, 0.2) is 101 Å². The van der Waals surface area contributed by atoms with Gasteiger partial charge >= 0.3 is 0 Å². The molecule has 0 fully saturated rings. The first-order valence-electron chi connectivity index (χ1n) is 14.7. The monoisotopic (exact) mass is 675 g/mol. The lowest BCUT2D eigenvalue weighted by Crippen LogP contribution is -2.46. The molecule has 1 unspecified atom stereocenters. The summed E-state index contributed by atoms with van der Waals surface area (Å²) in [6.07, 6.45) is 2.00. The zero-order valence-electron chi connectivity index (χ0n) is 25.3. The molecule has 0 spiro atoms. The topological polar surface area (TPSA) is 130 Å². The molecule has 0 bridgehead atoms. The second kappa shape index (κ2) is 14.0. The van der Waals surface area contributed by atoms with Crippen molar-refractivity contribution >= 4 is 73.1 Å². The average molecular weight is 676 g/mol. The fourth-order valence-corrected chi connectivity index (χ4v) is 8.12. The van der Waals surface area contributed by atoms with E-state index in [2.05, 4.69) is 10.0 Å². The van der Waals surface area contributed by atoms with Crippen LogP contribution in [0.5, 0.6) is 0 Å². The molecule has 5 rings (SSSR count). The van der Waals surface area contributed by atoms with Crippen molar-refractivity contribution in [2.24, 2.45) is 5.92 Å². The standard InChI is InChI=1S/C34H33N3O6S3/c1-3-37(4-2)32(40)28(31(39)36-46(42,43)27-17-14-24-9-5-6-10-25(24)22-27)21-23-12-15-26(16-13-23)35-33(41)34(18-8-20-45-34)30(38)29-11-7-19-44-29/h5-17,19-20,22,28H,3-4,18,21H2,1-2H3,(H,35,41)(H,36,39)/t28-,34?/m1/s1. The number of ketones is 1. The van der Waals surface area contributed by atoms with Gasteiger partial charge in [0.05, 0.1) is 9.77 Å². The molecule has 2 heterocycles. The van der Waals surface area contributed by atoms with Crippen LogP contribution in [0.2, 0.25) is 0 Å². The second-order valence-electron chi connectivity index (χ2n) is 10.7. The van der Waals surface area contributed by atoms with Crippen molar-refractivity contribution in [3.05, 3.63) is 106 Å². The van der Waals surface area contributed by atoms with Crippen molar-refractivity contribution in [3.8, 4) is 0 Å². The highest BCUT2D eigenvalue weighted by Gasteiger charge is 2.48. The number of allylic oxidation sites excluding steroid dienone is 1. The smallest absolute Gasteiger partial charge is 0.264 e. The zero-order valence-corrected chi connectivity index (χ0v) is 27.7. The molecular weight excluding hydrogens is 643 g/mol. The quantitative estimate of drug-likeness (QED) is 0.147. The minimum atomic E-state index is -4.27. The molecule has 2 N–H and O–H groups in total. The third-order valence-electron chi connectivity index (χ3n) is 7.86. The maximum atomic E-state index is 13.5. The van der Waals surface area contributed by atoms with E-state index in [1.54, 1.807) is 85.3 Å². The van der Waals surface area contributed by atoms with Gasteiger partial charge in [-0.25, -0.2) is 13.1 Å². The minimum Gasteiger partial charge on any atom is -0.343 e. The molecule has 9 nitrogen and oxygen atoms in total. The van der Waals surface area contributed by atoms with Crippen LogP contribution in [0, 0.1) is 5.92 Å². The predicted octanol–water partition coefficient (Wildman–Crippen LogP) is 5.64. The van der Waals surface area contributed by atoms with Crippen molar-refractivity contribution < 1.29 is 27.6 Å². The molecule has 0 saturated carbocycles. The van der Waals surface area contributed by atoms with Crippen molar-refractivity contribution in [3.63, 3.8) is 0 Å². The zero-order chi connectivity index (χ0) is 32.9. The number of amides is 3. The summed E-state index contributed by atoms with van der Waals surface area (Å²) in [6.45, 7) is 4.27. The Balaban J connectivity index is 1.33. The molecule has 3 amide bonds. The number of fused-ring (bicyclic) bond motifs is 1. The molecule has 0 aliphatic carbocycles. The normalized spacial score (nSPS) is 16.6. The number of hydrogen-bond acceptors (Lipinski definition) is 8. The van der Waals surface area contributed by atoms with Crippen molar-refractivity contribution in [1.82, 2.24) is 9.62 Å². The van der Waals surface area contributed by atoms with E-state index in [1.165, 1.54) is 40.1 Å². The lowest BCUT2D eigenvalue weighted by atomic mass is 9.95. The molecule has 0 radical (unpaired) electrons. The van der Waals surface area contributed by atoms with Gasteiger partial charge in [-0.1, -0.05) is 54.6 Å². The third-order valence-corrected chi connectivity index (χ3v) is 11.3. The van der Waals surface area contributed by atoms with Crippen molar-refractivity contribution in [2.45, 2.75) is 36.3 Å². The molecule has 0 saturated heterocycles. The summed E-state index contributed by atoms with van der Waals surface area (Å²) in [5, 5.41) is 7.94. The maximum absolute atomic E-state index is 13.5. The summed E-state index contributed by atoms with van der Waals surface area (Å²) in [5.41, 5.74) is 1.03. The van der Waals surface area contributed by atoms with Gasteiger partial charge < -0.3 is 10.2 Å². The summed E-state index contributed by atoms with van der Waals surface area (Å²) in [6, 6.07) is 21.9. The highest BCUT2D eigenvalue weighted by Crippen LogP contribution is 2.41. The van der Waals surface area contributed by atoms with Crippen molar-refractivity contribution in [1.29, 1.82) is 0 Å². The van der Waals surface area contributed by atoms with E-state index >= 15 is 0 Å². The first-order chi connectivity index (χ1) is 22.1. The number of nitrogens with zero attached hydrogens (tertiary/aromatic N) is 1. The largest absolute Gasteiger partial charge is 0.343 e. The molecule has 238 valence electrons. The summed E-state index contributed by atoms with van der Waals surface area (Å²) in [4.78, 5) is 55.6. The van der Waals surface area contributed by atoms with Gasteiger partial charge in [-0.2, -0.15) is 0 Å². The van der Waals surface area contributed by atoms with Crippen LogP contribution in [-0.2, 0) is 30.8 Å². The summed E-state index contributed by atoms with van der Waals surface area (Å²) >= 11 is 2.47. The lowest BCUT2D eigenvalue weighted by Gasteiger charge is -2.25. The van der Waals surface area contributed by atoms with Crippen molar-refractivity contribution in [2.75, 3.05) is 18.4 Å². The number of Topliss-reactive ketones (excluding diaryl/α,β-unsaturated/α-hetero) is 1. The minimum absolute atomic E-state index is 0.0663. The van der Waals surface area contributed by atoms with Crippen LogP contribution < -0.4 is 10.0 Å². The summed E-state index contributed by atoms with van der Waals surface area (Å²) < 4.78 is 27.3. The molecule has 46 heavy (non-hydrogen) atoms. The summed E-state index contributed by atoms with van der Waals surface area (Å²) in [7, 11) is -4.27. The number of sulfonamides is 1. The molecule has 4 aromatic rings. The molecule has 2 atom stereocenters. The SMILES string of the molecule is CCN(CC)C(=O)[C@H](Cc1ccc(NC(=O)C2(C(=O)c3cccs3)CC=CS2)cc1)C(=O)NS(=O)(=O)c1ccc2ccccc2c1. The van der Waals surface area contributed by atoms with Gasteiger partial charge in [0.1, 0.15) is 5.92 Å². The van der Waals surface area contributed by atoms with Gasteiger partial charge in [0.15, 0.2) is 10.5 Å². The molecule has 12 heteroatoms. The molecule has 1 aromatic heterocycles. The highest BCUT2D eigenvalue weighted by atomic mass is 32.2. The molecule has 3 aromatic carbocycles. The first-order valence-corrected chi connectivity index (χ1v) is 18.0. The fraction of sp³-hybridized carbons (Fsp3) is 0.235. The number of thiophene rings is 1. The Morgan fingerprint density at radius 3 is 2.26 bits per heavy atom. The van der Waals surface area contributed by atoms with Crippen LogP contribution in [0.25, 0.3) is 10.8 Å². The Kier molecular flexibility index (Phi) is 10.1. The number of carbonyl (C=O) groups excluding carboxylic acids is 4. The second-order valence-corrected chi connectivity index (χ2v) is 14.6. The molecule has 1 aliphatic heterocycles. The number of nitrogens with one attached hydrogen (secondary N) is 2. The van der Waals surface area contributed by atoms with Crippen LogP contribution in [0.1, 0.15) is 35.5 Å². The first kappa shape index (κ1) is 33.1. The number of rotatable bonds is 12. The van der Waals surface area contributed by atoms with Crippen LogP contribution >= 0.6 is 23.1 Å². The highest BCUT2D eigenvalue weighted by molar-refractivity contribution is 8.05. The lowest BCUT2D eigenvalue weighted by molar-refractivity contribution is -0.141. The Bertz CT molecular complexity index is 1890. The van der Waals surface area contributed by atoms with E-state index in [0.29, 0.717) is 34.6 Å². The Morgan fingerprint density at radius 2 is 1.63 bits per heavy atom. The Labute approximate surface area is 276 Å². The van der Waals surface area contributed by atoms with Gasteiger partial charge in [0.2, 0.25) is 17.7 Å². The predicted molar refractivity (Wildman–Crippen MR) is 182 cm³/mol. The van der Waals surface area contributed by atoms with E-state index in [-0.39, 0.29) is 23.5 Å². The number of carbonyl (C=O) groups is 4. The van der Waals surface area contributed by atoms with Crippen LogP contribution in [0.3, 0.4) is 0 Å². The van der Waals surface area contributed by atoms with Crippen LogP contribution in [0.4, 0.5) is 5.69 Å². The van der Waals surface area contributed by atoms with E-state index in [0.717, 1.165) is 5.39 Å². The summed E-state index contributed by atoms with van der Waals surface area (Å²) in [5.74, 6) is -3.44. The third kappa shape index (κ3) is 6.93. The maximum Gasteiger partial charge on any atom is 0.264 e. The average Bonchev–Trinajstić information content (AvgIpc) is 3.78. The number of thioether (sulfide) groups is 1. The Hall–Kier alpha value is -4.26. The Morgan fingerprint density at radius 1 is 0.913 bits per heavy atom. The molecule has 1 aliphatic rings. The molecular formula is C34H33N3O6S3. The van der Waals surface area contributed by atoms with E-state index in [1.807, 2.05) is 12.1 Å². The van der Waals surface area contributed by atoms with Gasteiger partial charge in [-0.3, -0.25) is 19.2 Å².